The molecule has 1 fully saturated rings. The number of ether oxygens (including phenoxy) is 1. The van der Waals surface area contributed by atoms with Crippen molar-refractivity contribution in [3.05, 3.63) is 23.8 Å². The zero-order chi connectivity index (χ0) is 15.9. The van der Waals surface area contributed by atoms with E-state index in [0.29, 0.717) is 25.1 Å². The fourth-order valence-electron chi connectivity index (χ4n) is 3.24. The van der Waals surface area contributed by atoms with E-state index in [1.165, 1.54) is 0 Å². The first-order valence-electron chi connectivity index (χ1n) is 7.72. The van der Waals surface area contributed by atoms with Crippen molar-refractivity contribution in [1.82, 2.24) is 0 Å². The van der Waals surface area contributed by atoms with E-state index in [1.54, 1.807) is 4.90 Å². The molecule has 118 valence electrons. The Kier molecular flexibility index (Phi) is 3.59. The van der Waals surface area contributed by atoms with Gasteiger partial charge < -0.3 is 14.7 Å². The third kappa shape index (κ3) is 2.45. The van der Waals surface area contributed by atoms with E-state index in [9.17, 15) is 14.7 Å². The molecule has 0 radical (unpaired) electrons. The third-order valence-electron chi connectivity index (χ3n) is 4.73. The number of carbonyl (C=O) groups excluding carboxylic acids is 1. The van der Waals surface area contributed by atoms with E-state index in [0.717, 1.165) is 17.7 Å². The van der Waals surface area contributed by atoms with Gasteiger partial charge in [-0.3, -0.25) is 9.59 Å². The van der Waals surface area contributed by atoms with Crippen LogP contribution in [-0.4, -0.2) is 29.6 Å². The molecule has 0 aromatic heterocycles. The standard InChI is InChI=1S/C17H21NO4/c1-11-4-5-13-14(8-11)22-12(2)10-18(13)15(19)9-17(16(20)21)6-3-7-17/h4-5,8,12H,3,6-7,9-10H2,1-2H3,(H,20,21). The lowest BCUT2D eigenvalue weighted by atomic mass is 9.66. The van der Waals surface area contributed by atoms with Gasteiger partial charge in [0.15, 0.2) is 0 Å². The normalized spacial score (nSPS) is 22.3. The molecule has 1 amide bonds. The topological polar surface area (TPSA) is 66.8 Å². The molecule has 5 heteroatoms. The first-order valence-corrected chi connectivity index (χ1v) is 7.72. The summed E-state index contributed by atoms with van der Waals surface area (Å²) >= 11 is 0. The smallest absolute Gasteiger partial charge is 0.310 e. The summed E-state index contributed by atoms with van der Waals surface area (Å²) in [5.41, 5.74) is 0.957. The Labute approximate surface area is 129 Å². The zero-order valence-electron chi connectivity index (χ0n) is 13.0. The second kappa shape index (κ2) is 5.30. The SMILES string of the molecule is Cc1ccc2c(c1)OC(C)CN2C(=O)CC1(C(=O)O)CCC1. The number of carbonyl (C=O) groups is 2. The summed E-state index contributed by atoms with van der Waals surface area (Å²) in [7, 11) is 0. The second-order valence-corrected chi connectivity index (χ2v) is 6.52. The minimum absolute atomic E-state index is 0.0718. The number of hydrogen-bond acceptors (Lipinski definition) is 3. The van der Waals surface area contributed by atoms with E-state index >= 15 is 0 Å². The zero-order valence-corrected chi connectivity index (χ0v) is 13.0. The number of aliphatic carboxylic acids is 1. The van der Waals surface area contributed by atoms with Gasteiger partial charge in [-0.25, -0.2) is 0 Å². The Morgan fingerprint density at radius 3 is 2.73 bits per heavy atom. The lowest BCUT2D eigenvalue weighted by Crippen LogP contribution is -2.47. The van der Waals surface area contributed by atoms with Crippen molar-refractivity contribution in [3.63, 3.8) is 0 Å². The first kappa shape index (κ1) is 14.9. The van der Waals surface area contributed by atoms with Crippen molar-refractivity contribution in [3.8, 4) is 5.75 Å². The number of carboxylic acid groups (broad SMARTS) is 1. The Morgan fingerprint density at radius 2 is 2.14 bits per heavy atom. The fraction of sp³-hybridized carbons (Fsp3) is 0.529. The van der Waals surface area contributed by atoms with E-state index in [1.807, 2.05) is 32.0 Å². The van der Waals surface area contributed by atoms with Crippen LogP contribution in [0.1, 0.15) is 38.2 Å². The molecule has 1 aliphatic heterocycles. The van der Waals surface area contributed by atoms with Crippen LogP contribution in [0.15, 0.2) is 18.2 Å². The van der Waals surface area contributed by atoms with Gasteiger partial charge in [-0.15, -0.1) is 0 Å². The Morgan fingerprint density at radius 1 is 1.41 bits per heavy atom. The predicted molar refractivity (Wildman–Crippen MR) is 82.2 cm³/mol. The molecular formula is C17H21NO4. The van der Waals surface area contributed by atoms with Crippen LogP contribution >= 0.6 is 0 Å². The van der Waals surface area contributed by atoms with Gasteiger partial charge >= 0.3 is 5.97 Å². The van der Waals surface area contributed by atoms with E-state index in [2.05, 4.69) is 0 Å². The number of amides is 1. The molecule has 22 heavy (non-hydrogen) atoms. The number of fused-ring (bicyclic) bond motifs is 1. The van der Waals surface area contributed by atoms with Gasteiger partial charge in [-0.2, -0.15) is 0 Å². The van der Waals surface area contributed by atoms with Crippen LogP contribution in [-0.2, 0) is 9.59 Å². The molecule has 5 nitrogen and oxygen atoms in total. The number of anilines is 1. The average molecular weight is 303 g/mol. The van der Waals surface area contributed by atoms with Gasteiger partial charge in [0.05, 0.1) is 17.6 Å². The van der Waals surface area contributed by atoms with Crippen LogP contribution < -0.4 is 9.64 Å². The number of rotatable bonds is 3. The molecule has 0 saturated heterocycles. The largest absolute Gasteiger partial charge is 0.487 e. The number of hydrogen-bond donors (Lipinski definition) is 1. The van der Waals surface area contributed by atoms with Crippen molar-refractivity contribution >= 4 is 17.6 Å². The van der Waals surface area contributed by atoms with Crippen LogP contribution in [0.2, 0.25) is 0 Å². The van der Waals surface area contributed by atoms with Crippen molar-refractivity contribution in [2.75, 3.05) is 11.4 Å². The Bertz CT molecular complexity index is 621. The number of aryl methyl sites for hydroxylation is 1. The number of carboxylic acids is 1. The van der Waals surface area contributed by atoms with Gasteiger partial charge in [-0.05, 0) is 44.4 Å². The molecule has 1 N–H and O–H groups in total. The van der Waals surface area contributed by atoms with Gasteiger partial charge in [-0.1, -0.05) is 12.5 Å². The molecule has 0 spiro atoms. The van der Waals surface area contributed by atoms with Crippen LogP contribution in [0.4, 0.5) is 5.69 Å². The number of benzene rings is 1. The highest BCUT2D eigenvalue weighted by Gasteiger charge is 2.47. The van der Waals surface area contributed by atoms with Crippen molar-refractivity contribution < 1.29 is 19.4 Å². The second-order valence-electron chi connectivity index (χ2n) is 6.52. The molecule has 1 aromatic carbocycles. The molecule has 2 aliphatic rings. The lowest BCUT2D eigenvalue weighted by Gasteiger charge is -2.40. The lowest BCUT2D eigenvalue weighted by molar-refractivity contribution is -0.157. The van der Waals surface area contributed by atoms with Crippen LogP contribution in [0.5, 0.6) is 5.75 Å². The molecule has 1 aliphatic carbocycles. The summed E-state index contributed by atoms with van der Waals surface area (Å²) in [6, 6.07) is 5.74. The maximum atomic E-state index is 12.7. The minimum atomic E-state index is -0.858. The highest BCUT2D eigenvalue weighted by atomic mass is 16.5. The van der Waals surface area contributed by atoms with Crippen molar-refractivity contribution in [2.45, 2.75) is 45.6 Å². The summed E-state index contributed by atoms with van der Waals surface area (Å²) < 4.78 is 5.80. The molecule has 1 heterocycles. The van der Waals surface area contributed by atoms with Gasteiger partial charge in [0.1, 0.15) is 11.9 Å². The van der Waals surface area contributed by atoms with Crippen molar-refractivity contribution in [1.29, 1.82) is 0 Å². The molecule has 3 rings (SSSR count). The molecule has 1 saturated carbocycles. The predicted octanol–water partition coefficient (Wildman–Crippen LogP) is 2.75. The van der Waals surface area contributed by atoms with Crippen LogP contribution in [0.3, 0.4) is 0 Å². The third-order valence-corrected chi connectivity index (χ3v) is 4.73. The van der Waals surface area contributed by atoms with Crippen LogP contribution in [0, 0.1) is 12.3 Å². The Balaban J connectivity index is 1.86. The number of nitrogens with zero attached hydrogens (tertiary/aromatic N) is 1. The molecule has 0 bridgehead atoms. The average Bonchev–Trinajstić information content (AvgIpc) is 2.40. The van der Waals surface area contributed by atoms with Crippen molar-refractivity contribution in [2.24, 2.45) is 5.41 Å². The maximum Gasteiger partial charge on any atom is 0.310 e. The quantitative estimate of drug-likeness (QED) is 0.932. The molecular weight excluding hydrogens is 282 g/mol. The van der Waals surface area contributed by atoms with E-state index < -0.39 is 11.4 Å². The fourth-order valence-corrected chi connectivity index (χ4v) is 3.24. The summed E-state index contributed by atoms with van der Waals surface area (Å²) in [4.78, 5) is 25.9. The summed E-state index contributed by atoms with van der Waals surface area (Å²) in [5, 5.41) is 9.42. The Hall–Kier alpha value is -2.04. The van der Waals surface area contributed by atoms with Gasteiger partial charge in [0.25, 0.3) is 0 Å². The first-order chi connectivity index (χ1) is 10.4. The summed E-state index contributed by atoms with van der Waals surface area (Å²) in [6.07, 6.45) is 2.04. The molecule has 1 atom stereocenters. The minimum Gasteiger partial charge on any atom is -0.487 e. The summed E-state index contributed by atoms with van der Waals surface area (Å²) in [6.45, 7) is 4.36. The molecule has 1 aromatic rings. The monoisotopic (exact) mass is 303 g/mol. The van der Waals surface area contributed by atoms with Crippen LogP contribution in [0.25, 0.3) is 0 Å². The highest BCUT2D eigenvalue weighted by molar-refractivity contribution is 5.98. The summed E-state index contributed by atoms with van der Waals surface area (Å²) in [5.74, 6) is -0.273. The maximum absolute atomic E-state index is 12.7. The van der Waals surface area contributed by atoms with E-state index in [-0.39, 0.29) is 18.4 Å². The van der Waals surface area contributed by atoms with Gasteiger partial charge in [0.2, 0.25) is 5.91 Å². The van der Waals surface area contributed by atoms with Gasteiger partial charge in [0, 0.05) is 6.42 Å². The van der Waals surface area contributed by atoms with E-state index in [4.69, 9.17) is 4.74 Å². The molecule has 1 unspecified atom stereocenters. The highest BCUT2D eigenvalue weighted by Crippen LogP contribution is 2.45.